The Morgan fingerprint density at radius 3 is 2.33 bits per heavy atom. The number of para-hydroxylation sites is 1. The first-order chi connectivity index (χ1) is 13.0. The number of esters is 3. The molecule has 0 saturated carbocycles. The first-order valence-electron chi connectivity index (χ1n) is 8.01. The maximum Gasteiger partial charge on any atom is 0.349 e. The van der Waals surface area contributed by atoms with Crippen LogP contribution in [0.1, 0.15) is 42.2 Å². The van der Waals surface area contributed by atoms with Crippen molar-refractivity contribution in [2.45, 2.75) is 13.5 Å². The highest BCUT2D eigenvalue weighted by Gasteiger charge is 2.24. The van der Waals surface area contributed by atoms with Crippen molar-refractivity contribution in [3.63, 3.8) is 0 Å². The summed E-state index contributed by atoms with van der Waals surface area (Å²) in [5.74, 6) is -2.59. The molecule has 3 rings (SSSR count). The van der Waals surface area contributed by atoms with Gasteiger partial charge in [0, 0.05) is 10.9 Å². The number of aliphatic hydroxyl groups excluding tert-OH is 1. The Morgan fingerprint density at radius 1 is 1.00 bits per heavy atom. The molecule has 1 aromatic heterocycles. The Bertz CT molecular complexity index is 1050. The van der Waals surface area contributed by atoms with Gasteiger partial charge in [-0.25, -0.2) is 14.4 Å². The molecule has 0 spiro atoms. The largest absolute Gasteiger partial charge is 0.465 e. The number of hydrogen-bond acceptors (Lipinski definition) is 7. The van der Waals surface area contributed by atoms with E-state index < -0.39 is 24.5 Å². The molecule has 138 valence electrons. The quantitative estimate of drug-likeness (QED) is 0.558. The summed E-state index contributed by atoms with van der Waals surface area (Å²) in [6.07, 6.45) is 1.43. The number of methoxy groups -OCH3 is 1. The van der Waals surface area contributed by atoms with Crippen LogP contribution in [0.15, 0.2) is 47.1 Å². The van der Waals surface area contributed by atoms with E-state index in [1.807, 2.05) is 0 Å². The van der Waals surface area contributed by atoms with Gasteiger partial charge < -0.3 is 19.0 Å². The number of aryl methyl sites for hydroxylation is 1. The van der Waals surface area contributed by atoms with E-state index in [0.717, 1.165) is 0 Å². The Morgan fingerprint density at radius 2 is 1.67 bits per heavy atom. The first-order valence-corrected chi connectivity index (χ1v) is 8.01. The topological polar surface area (TPSA) is 103 Å². The zero-order chi connectivity index (χ0) is 19.6. The summed E-state index contributed by atoms with van der Waals surface area (Å²) in [5.41, 5.74) is 0.946. The van der Waals surface area contributed by atoms with Crippen LogP contribution in [0, 0.1) is 6.92 Å². The average Bonchev–Trinajstić information content (AvgIpc) is 3.15. The fraction of sp³-hybridized carbons (Fsp3) is 0.150. The zero-order valence-corrected chi connectivity index (χ0v) is 14.6. The van der Waals surface area contributed by atoms with Crippen molar-refractivity contribution in [2.75, 3.05) is 7.11 Å². The fourth-order valence-corrected chi connectivity index (χ4v) is 2.81. The van der Waals surface area contributed by atoms with E-state index in [4.69, 9.17) is 9.15 Å². The van der Waals surface area contributed by atoms with Gasteiger partial charge in [-0.1, -0.05) is 12.1 Å². The van der Waals surface area contributed by atoms with Gasteiger partial charge >= 0.3 is 17.9 Å². The van der Waals surface area contributed by atoms with Crippen LogP contribution in [0.4, 0.5) is 0 Å². The Labute approximate surface area is 154 Å². The molecule has 7 heteroatoms. The Kier molecular flexibility index (Phi) is 5.05. The minimum absolute atomic E-state index is 0.0291. The van der Waals surface area contributed by atoms with Crippen molar-refractivity contribution >= 4 is 28.9 Å². The lowest BCUT2D eigenvalue weighted by Crippen LogP contribution is -2.17. The van der Waals surface area contributed by atoms with E-state index in [2.05, 4.69) is 4.74 Å². The zero-order valence-electron chi connectivity index (χ0n) is 14.6. The molecule has 7 nitrogen and oxygen atoms in total. The van der Waals surface area contributed by atoms with Crippen LogP contribution in [-0.2, 0) is 16.1 Å². The van der Waals surface area contributed by atoms with Gasteiger partial charge in [0.15, 0.2) is 0 Å². The van der Waals surface area contributed by atoms with Crippen LogP contribution in [-0.4, -0.2) is 30.1 Å². The molecule has 3 aromatic rings. The molecular formula is C20H16O7. The highest BCUT2D eigenvalue weighted by atomic mass is 16.6. The van der Waals surface area contributed by atoms with Crippen molar-refractivity contribution in [1.82, 2.24) is 0 Å². The molecule has 0 saturated heterocycles. The number of ether oxygens (including phenoxy) is 2. The highest BCUT2D eigenvalue weighted by Crippen LogP contribution is 2.23. The van der Waals surface area contributed by atoms with Gasteiger partial charge in [-0.3, -0.25) is 0 Å². The van der Waals surface area contributed by atoms with Crippen molar-refractivity contribution in [1.29, 1.82) is 0 Å². The van der Waals surface area contributed by atoms with Gasteiger partial charge in [0.05, 0.1) is 31.1 Å². The van der Waals surface area contributed by atoms with Gasteiger partial charge in [0.25, 0.3) is 0 Å². The molecule has 0 radical (unpaired) electrons. The van der Waals surface area contributed by atoms with E-state index in [0.29, 0.717) is 16.5 Å². The Hall–Kier alpha value is -3.45. The maximum absolute atomic E-state index is 12.6. The number of hydrogen-bond donors (Lipinski definition) is 1. The summed E-state index contributed by atoms with van der Waals surface area (Å²) in [5, 5.41) is 10.3. The van der Waals surface area contributed by atoms with Gasteiger partial charge in [-0.05, 0) is 36.8 Å². The van der Waals surface area contributed by atoms with Crippen molar-refractivity contribution in [3.8, 4) is 0 Å². The molecule has 0 aliphatic carbocycles. The number of carbonyl (C=O) groups excluding carboxylic acids is 3. The molecule has 0 bridgehead atoms. The number of benzene rings is 2. The molecule has 0 fully saturated rings. The second-order valence-electron chi connectivity index (χ2n) is 5.81. The molecule has 2 aromatic carbocycles. The molecule has 0 atom stereocenters. The summed E-state index contributed by atoms with van der Waals surface area (Å²) in [4.78, 5) is 36.9. The lowest BCUT2D eigenvalue weighted by Gasteiger charge is -2.12. The molecule has 0 aliphatic heterocycles. The lowest BCUT2D eigenvalue weighted by atomic mass is 9.98. The molecule has 27 heavy (non-hydrogen) atoms. The third-order valence-corrected chi connectivity index (χ3v) is 4.06. The van der Waals surface area contributed by atoms with Gasteiger partial charge in [0.2, 0.25) is 0 Å². The third-order valence-electron chi connectivity index (χ3n) is 4.06. The molecule has 0 unspecified atom stereocenters. The molecule has 1 heterocycles. The minimum Gasteiger partial charge on any atom is -0.465 e. The van der Waals surface area contributed by atoms with E-state index in [1.54, 1.807) is 25.1 Å². The lowest BCUT2D eigenvalue weighted by molar-refractivity contribution is 0.0396. The summed E-state index contributed by atoms with van der Waals surface area (Å²) in [7, 11) is 1.19. The molecular weight excluding hydrogens is 352 g/mol. The fourth-order valence-electron chi connectivity index (χ4n) is 2.81. The number of carbonyl (C=O) groups is 3. The Balaban J connectivity index is 1.96. The van der Waals surface area contributed by atoms with Crippen molar-refractivity contribution in [2.24, 2.45) is 0 Å². The van der Waals surface area contributed by atoms with Crippen molar-refractivity contribution in [3.05, 3.63) is 70.5 Å². The number of rotatable bonds is 4. The van der Waals surface area contributed by atoms with E-state index in [9.17, 15) is 19.5 Å². The van der Waals surface area contributed by atoms with Crippen LogP contribution in [0.5, 0.6) is 0 Å². The normalized spacial score (nSPS) is 10.6. The predicted octanol–water partition coefficient (Wildman–Crippen LogP) is 3.02. The van der Waals surface area contributed by atoms with Gasteiger partial charge in [0.1, 0.15) is 11.1 Å². The van der Waals surface area contributed by atoms with Gasteiger partial charge in [-0.15, -0.1) is 0 Å². The van der Waals surface area contributed by atoms with Crippen LogP contribution in [0.3, 0.4) is 0 Å². The van der Waals surface area contributed by atoms with Crippen LogP contribution in [0.2, 0.25) is 0 Å². The van der Waals surface area contributed by atoms with E-state index in [-0.39, 0.29) is 22.3 Å². The van der Waals surface area contributed by atoms with E-state index in [1.165, 1.54) is 31.6 Å². The average molecular weight is 368 g/mol. The van der Waals surface area contributed by atoms with Gasteiger partial charge in [-0.2, -0.15) is 0 Å². The van der Waals surface area contributed by atoms with Crippen LogP contribution < -0.4 is 0 Å². The predicted molar refractivity (Wildman–Crippen MR) is 94.4 cm³/mol. The molecule has 0 amide bonds. The van der Waals surface area contributed by atoms with Crippen LogP contribution >= 0.6 is 0 Å². The smallest absolute Gasteiger partial charge is 0.349 e. The van der Waals surface area contributed by atoms with E-state index >= 15 is 0 Å². The highest BCUT2D eigenvalue weighted by molar-refractivity contribution is 6.09. The summed E-state index contributed by atoms with van der Waals surface area (Å²) < 4.78 is 14.9. The number of fused-ring (bicyclic) bond motifs is 1. The second kappa shape index (κ2) is 7.43. The standard InChI is InChI=1S/C20H16O7/c1-11-8-14(18(22)25-2)16(10-21)15(9-11)20(24)27-19(23)13-5-3-4-12-6-7-26-17(12)13/h3-9,21H,10H2,1-2H3. The monoisotopic (exact) mass is 368 g/mol. The second-order valence-corrected chi connectivity index (χ2v) is 5.81. The van der Waals surface area contributed by atoms with Crippen molar-refractivity contribution < 1.29 is 33.4 Å². The summed E-state index contributed by atoms with van der Waals surface area (Å²) in [6, 6.07) is 9.47. The summed E-state index contributed by atoms with van der Waals surface area (Å²) in [6.45, 7) is 1.06. The minimum atomic E-state index is -0.985. The maximum atomic E-state index is 12.6. The number of aliphatic hydroxyl groups is 1. The number of furan rings is 1. The third kappa shape index (κ3) is 3.45. The van der Waals surface area contributed by atoms with Crippen LogP contribution in [0.25, 0.3) is 11.0 Å². The SMILES string of the molecule is COC(=O)c1cc(C)cc(C(=O)OC(=O)c2cccc3ccoc23)c1CO. The first kappa shape index (κ1) is 18.3. The molecule has 1 N–H and O–H groups in total. The summed E-state index contributed by atoms with van der Waals surface area (Å²) >= 11 is 0. The molecule has 0 aliphatic rings.